The molecule has 0 N–H and O–H groups in total. The van der Waals surface area contributed by atoms with Crippen molar-refractivity contribution in [2.45, 2.75) is 0 Å². The number of rotatable bonds is 5. The molecule has 7 heteroatoms. The van der Waals surface area contributed by atoms with Crippen LogP contribution in [0.1, 0.15) is 0 Å². The summed E-state index contributed by atoms with van der Waals surface area (Å²) in [7, 11) is -1.94. The molecule has 0 unspecified atom stereocenters. The second-order valence-corrected chi connectivity index (χ2v) is 6.84. The van der Waals surface area contributed by atoms with Crippen molar-refractivity contribution in [3.8, 4) is 0 Å². The topological polar surface area (TPSA) is 49.9 Å². The van der Waals surface area contributed by atoms with Gasteiger partial charge in [-0.25, -0.2) is 4.31 Å². The normalized spacial score (nSPS) is 16.5. The molecule has 1 aliphatic heterocycles. The molecule has 1 heterocycles. The van der Waals surface area contributed by atoms with Crippen LogP contribution in [0.2, 0.25) is 0 Å². The van der Waals surface area contributed by atoms with Crippen LogP contribution >= 0.6 is 15.9 Å². The van der Waals surface area contributed by atoms with Crippen LogP contribution in [-0.2, 0) is 14.9 Å². The molecule has 0 bridgehead atoms. The summed E-state index contributed by atoms with van der Waals surface area (Å²) in [6.45, 7) is 4.56. The Morgan fingerprint density at radius 3 is 2.84 bits per heavy atom. The van der Waals surface area contributed by atoms with Crippen molar-refractivity contribution in [3.05, 3.63) is 35.3 Å². The van der Waals surface area contributed by atoms with Crippen molar-refractivity contribution < 1.29 is 13.2 Å². The average Bonchev–Trinajstić information content (AvgIpc) is 2.54. The minimum absolute atomic E-state index is 0.282. The van der Waals surface area contributed by atoms with E-state index in [0.717, 1.165) is 4.47 Å². The van der Waals surface area contributed by atoms with Gasteiger partial charge in [0.25, 0.3) is 0 Å². The van der Waals surface area contributed by atoms with E-state index >= 15 is 0 Å². The van der Waals surface area contributed by atoms with Crippen LogP contribution in [-0.4, -0.2) is 35.2 Å². The van der Waals surface area contributed by atoms with E-state index in [9.17, 15) is 8.42 Å². The van der Waals surface area contributed by atoms with E-state index in [2.05, 4.69) is 22.5 Å². The van der Waals surface area contributed by atoms with Gasteiger partial charge in [0.1, 0.15) is 0 Å². The Morgan fingerprint density at radius 1 is 1.42 bits per heavy atom. The van der Waals surface area contributed by atoms with Crippen molar-refractivity contribution >= 4 is 37.5 Å². The second-order valence-electron chi connectivity index (χ2n) is 4.04. The molecule has 1 aromatic rings. The highest BCUT2D eigenvalue weighted by atomic mass is 79.9. The van der Waals surface area contributed by atoms with E-state index in [0.29, 0.717) is 24.6 Å². The van der Waals surface area contributed by atoms with Gasteiger partial charge < -0.3 is 4.74 Å². The molecule has 0 atom stereocenters. The maximum absolute atomic E-state index is 12.3. The fraction of sp³-hybridized carbons (Fsp3) is 0.333. The first-order valence-corrected chi connectivity index (χ1v) is 7.92. The van der Waals surface area contributed by atoms with Crippen molar-refractivity contribution in [1.29, 1.82) is 0 Å². The van der Waals surface area contributed by atoms with Crippen LogP contribution in [0.15, 0.2) is 35.3 Å². The van der Waals surface area contributed by atoms with Gasteiger partial charge in [0, 0.05) is 11.5 Å². The van der Waals surface area contributed by atoms with E-state index in [1.807, 2.05) is 6.07 Å². The van der Waals surface area contributed by atoms with Gasteiger partial charge in [0.05, 0.1) is 31.1 Å². The van der Waals surface area contributed by atoms with Gasteiger partial charge in [-0.15, -0.1) is 6.58 Å². The first-order chi connectivity index (χ1) is 8.98. The number of fused-ring (bicyclic) bond motifs is 1. The molecule has 0 aliphatic carbocycles. The fourth-order valence-corrected chi connectivity index (χ4v) is 3.66. The average molecular weight is 347 g/mol. The maximum atomic E-state index is 12.3. The standard InChI is InChI=1S/C12H15BrN2O3S/c1-3-7-18-8-6-15-12-9-10(13)4-5-11(12)14(2)19(15,16)17/h3-5,9H,1,6-8H2,2H3. The number of anilines is 2. The quantitative estimate of drug-likeness (QED) is 0.606. The number of hydrogen-bond acceptors (Lipinski definition) is 3. The smallest absolute Gasteiger partial charge is 0.326 e. The highest BCUT2D eigenvalue weighted by Crippen LogP contribution is 2.41. The van der Waals surface area contributed by atoms with E-state index in [4.69, 9.17) is 4.74 Å². The number of halogens is 1. The number of ether oxygens (including phenoxy) is 1. The Kier molecular flexibility index (Phi) is 4.17. The predicted molar refractivity (Wildman–Crippen MR) is 79.8 cm³/mol. The van der Waals surface area contributed by atoms with Crippen LogP contribution in [0, 0.1) is 0 Å². The second kappa shape index (κ2) is 5.52. The summed E-state index contributed by atoms with van der Waals surface area (Å²) < 4.78 is 33.3. The third-order valence-electron chi connectivity index (χ3n) is 2.84. The van der Waals surface area contributed by atoms with Crippen LogP contribution in [0.3, 0.4) is 0 Å². The molecular formula is C12H15BrN2O3S. The molecule has 5 nitrogen and oxygen atoms in total. The van der Waals surface area contributed by atoms with E-state index < -0.39 is 10.2 Å². The lowest BCUT2D eigenvalue weighted by molar-refractivity contribution is 0.171. The van der Waals surface area contributed by atoms with Crippen LogP contribution in [0.4, 0.5) is 11.4 Å². The zero-order valence-electron chi connectivity index (χ0n) is 10.5. The molecule has 0 saturated carbocycles. The van der Waals surface area contributed by atoms with Gasteiger partial charge in [-0.1, -0.05) is 22.0 Å². The van der Waals surface area contributed by atoms with E-state index in [-0.39, 0.29) is 6.54 Å². The summed E-state index contributed by atoms with van der Waals surface area (Å²) >= 11 is 3.36. The van der Waals surface area contributed by atoms with Gasteiger partial charge in [-0.3, -0.25) is 4.31 Å². The molecule has 0 saturated heterocycles. The molecule has 0 fully saturated rings. The van der Waals surface area contributed by atoms with E-state index in [1.54, 1.807) is 25.3 Å². The Labute approximate surface area is 121 Å². The molecule has 19 heavy (non-hydrogen) atoms. The summed E-state index contributed by atoms with van der Waals surface area (Å²) in [6, 6.07) is 5.40. The van der Waals surface area contributed by atoms with Gasteiger partial charge in [-0.2, -0.15) is 8.42 Å². The molecule has 1 aliphatic rings. The molecule has 0 aromatic heterocycles. The van der Waals surface area contributed by atoms with Crippen molar-refractivity contribution in [2.24, 2.45) is 0 Å². The van der Waals surface area contributed by atoms with Gasteiger partial charge in [0.2, 0.25) is 0 Å². The SMILES string of the molecule is C=CCOCCN1c2cc(Br)ccc2N(C)S1(=O)=O. The van der Waals surface area contributed by atoms with Gasteiger partial charge in [-0.05, 0) is 18.2 Å². The summed E-state index contributed by atoms with van der Waals surface area (Å²) in [4.78, 5) is 0. The van der Waals surface area contributed by atoms with Gasteiger partial charge in [0.15, 0.2) is 0 Å². The molecule has 2 rings (SSSR count). The zero-order chi connectivity index (χ0) is 14.0. The van der Waals surface area contributed by atoms with Crippen molar-refractivity contribution in [3.63, 3.8) is 0 Å². The lowest BCUT2D eigenvalue weighted by atomic mass is 10.2. The third kappa shape index (κ3) is 2.63. The molecule has 1 aromatic carbocycles. The Bertz CT molecular complexity index is 589. The highest BCUT2D eigenvalue weighted by molar-refractivity contribution is 9.10. The number of hydrogen-bond donors (Lipinski definition) is 0. The lowest BCUT2D eigenvalue weighted by Crippen LogP contribution is -2.37. The first kappa shape index (κ1) is 14.4. The summed E-state index contributed by atoms with van der Waals surface area (Å²) in [6.07, 6.45) is 1.63. The van der Waals surface area contributed by atoms with Crippen LogP contribution in [0.25, 0.3) is 0 Å². The first-order valence-electron chi connectivity index (χ1n) is 5.73. The number of nitrogens with zero attached hydrogens (tertiary/aromatic N) is 2. The Morgan fingerprint density at radius 2 is 2.16 bits per heavy atom. The highest BCUT2D eigenvalue weighted by Gasteiger charge is 2.37. The van der Waals surface area contributed by atoms with Crippen molar-refractivity contribution in [1.82, 2.24) is 0 Å². The van der Waals surface area contributed by atoms with E-state index in [1.165, 1.54) is 8.61 Å². The largest absolute Gasteiger partial charge is 0.376 e. The molecule has 0 amide bonds. The summed E-state index contributed by atoms with van der Waals surface area (Å²) in [5, 5.41) is 0. The minimum atomic E-state index is -3.49. The van der Waals surface area contributed by atoms with Crippen LogP contribution in [0.5, 0.6) is 0 Å². The summed E-state index contributed by atoms with van der Waals surface area (Å²) in [5.41, 5.74) is 1.34. The fourth-order valence-electron chi connectivity index (χ4n) is 1.91. The molecule has 0 radical (unpaired) electrons. The van der Waals surface area contributed by atoms with Crippen molar-refractivity contribution in [2.75, 3.05) is 35.4 Å². The lowest BCUT2D eigenvalue weighted by Gasteiger charge is -2.18. The summed E-state index contributed by atoms with van der Waals surface area (Å²) in [5.74, 6) is 0. The minimum Gasteiger partial charge on any atom is -0.376 e. The molecule has 104 valence electrons. The third-order valence-corrected chi connectivity index (χ3v) is 5.16. The predicted octanol–water partition coefficient (Wildman–Crippen LogP) is 2.15. The molecule has 0 spiro atoms. The molecular weight excluding hydrogens is 332 g/mol. The maximum Gasteiger partial charge on any atom is 0.326 e. The van der Waals surface area contributed by atoms with Gasteiger partial charge >= 0.3 is 10.2 Å². The van der Waals surface area contributed by atoms with Crippen LogP contribution < -0.4 is 8.61 Å². The zero-order valence-corrected chi connectivity index (χ0v) is 12.9. The monoisotopic (exact) mass is 346 g/mol. The Hall–Kier alpha value is -1.05. The Balaban J connectivity index is 2.27. The number of benzene rings is 1.